The second-order valence-corrected chi connectivity index (χ2v) is 12.0. The molecule has 2 saturated heterocycles. The summed E-state index contributed by atoms with van der Waals surface area (Å²) in [7, 11) is 0. The van der Waals surface area contributed by atoms with Crippen molar-refractivity contribution >= 4 is 23.2 Å². The normalized spacial score (nSPS) is 23.7. The summed E-state index contributed by atoms with van der Waals surface area (Å²) in [4.78, 5) is 32.3. The zero-order valence-electron chi connectivity index (χ0n) is 23.4. The fourth-order valence-corrected chi connectivity index (χ4v) is 6.03. The number of amides is 2. The Morgan fingerprint density at radius 1 is 1.05 bits per heavy atom. The van der Waals surface area contributed by atoms with Crippen LogP contribution in [0.25, 0.3) is 11.0 Å². The van der Waals surface area contributed by atoms with Crippen LogP contribution in [0.4, 0.5) is 14.0 Å². The van der Waals surface area contributed by atoms with Crippen LogP contribution in [-0.2, 0) is 22.5 Å². The number of aryl methyl sites for hydroxylation is 1. The van der Waals surface area contributed by atoms with Crippen LogP contribution in [0.1, 0.15) is 56.1 Å². The third kappa shape index (κ3) is 6.25. The Balaban J connectivity index is 1.05. The lowest BCUT2D eigenvalue weighted by Gasteiger charge is -2.53. The van der Waals surface area contributed by atoms with Gasteiger partial charge in [-0.05, 0) is 63.0 Å². The van der Waals surface area contributed by atoms with Crippen molar-refractivity contribution in [3.8, 4) is 5.88 Å². The van der Waals surface area contributed by atoms with E-state index in [0.717, 1.165) is 31.2 Å². The molecule has 0 spiro atoms. The topological polar surface area (TPSA) is 132 Å². The van der Waals surface area contributed by atoms with Crippen LogP contribution in [0.5, 0.6) is 5.88 Å². The van der Waals surface area contributed by atoms with E-state index in [-0.39, 0.29) is 12.0 Å². The third-order valence-electron chi connectivity index (χ3n) is 9.02. The lowest BCUT2D eigenvalue weighted by molar-refractivity contribution is -0.162. The molecule has 42 heavy (non-hydrogen) atoms. The van der Waals surface area contributed by atoms with Crippen LogP contribution >= 0.6 is 0 Å². The minimum Gasteiger partial charge on any atom is -0.477 e. The molecule has 2 amide bonds. The molecule has 10 nitrogen and oxygen atoms in total. The molecule has 0 radical (unpaired) electrons. The van der Waals surface area contributed by atoms with Gasteiger partial charge in [0.15, 0.2) is 0 Å². The van der Waals surface area contributed by atoms with Gasteiger partial charge in [-0.1, -0.05) is 30.3 Å². The fraction of sp³-hybridized carbons (Fsp3) is 0.484. The molecule has 7 rings (SSSR count). The number of aromatic nitrogens is 2. The molecule has 4 aliphatic rings. The monoisotopic (exact) mass is 578 g/mol. The zero-order valence-corrected chi connectivity index (χ0v) is 23.4. The van der Waals surface area contributed by atoms with E-state index in [1.54, 1.807) is 12.1 Å². The molecule has 0 unspecified atom stereocenters. The van der Waals surface area contributed by atoms with E-state index < -0.39 is 29.1 Å². The number of carboxylic acid groups (broad SMARTS) is 1. The minimum absolute atomic E-state index is 0.186. The maximum Gasteiger partial charge on any atom is 0.407 e. The predicted octanol–water partition coefficient (Wildman–Crippen LogP) is 5.14. The number of ether oxygens (including phenoxy) is 3. The minimum atomic E-state index is -1.03. The number of carbonyl (C=O) groups is 2. The van der Waals surface area contributed by atoms with E-state index in [9.17, 15) is 14.7 Å². The molecular weight excluding hydrogens is 543 g/mol. The van der Waals surface area contributed by atoms with Gasteiger partial charge in [0, 0.05) is 23.6 Å². The van der Waals surface area contributed by atoms with Crippen molar-refractivity contribution in [1.82, 2.24) is 20.6 Å². The molecule has 2 saturated carbocycles. The Morgan fingerprint density at radius 2 is 1.83 bits per heavy atom. The summed E-state index contributed by atoms with van der Waals surface area (Å²) in [5.74, 6) is -0.0442. The van der Waals surface area contributed by atoms with Crippen LogP contribution in [0.15, 0.2) is 48.7 Å². The molecule has 11 heteroatoms. The zero-order chi connectivity index (χ0) is 29.2. The molecular formula is C31H35FN4O6. The molecule has 4 heterocycles. The number of fused-ring (bicyclic) bond motifs is 4. The number of benzene rings is 1. The maximum atomic E-state index is 15.1. The van der Waals surface area contributed by atoms with Crippen LogP contribution in [0.3, 0.4) is 0 Å². The number of nitrogens with one attached hydrogen (secondary N) is 2. The Morgan fingerprint density at radius 3 is 2.52 bits per heavy atom. The van der Waals surface area contributed by atoms with Gasteiger partial charge in [0.25, 0.3) is 0 Å². The van der Waals surface area contributed by atoms with Gasteiger partial charge in [-0.25, -0.2) is 19.0 Å². The van der Waals surface area contributed by atoms with Crippen molar-refractivity contribution in [2.75, 3.05) is 19.8 Å². The number of halogens is 1. The summed E-state index contributed by atoms with van der Waals surface area (Å²) < 4.78 is 32.6. The highest BCUT2D eigenvalue weighted by molar-refractivity contribution is 5.78. The van der Waals surface area contributed by atoms with E-state index in [1.165, 1.54) is 6.20 Å². The van der Waals surface area contributed by atoms with Gasteiger partial charge in [-0.2, -0.15) is 0 Å². The summed E-state index contributed by atoms with van der Waals surface area (Å²) in [5, 5.41) is 14.7. The summed E-state index contributed by atoms with van der Waals surface area (Å²) in [6, 6.07) is 13.0. The largest absolute Gasteiger partial charge is 0.477 e. The highest BCUT2D eigenvalue weighted by Gasteiger charge is 2.50. The van der Waals surface area contributed by atoms with E-state index in [2.05, 4.69) is 20.6 Å². The van der Waals surface area contributed by atoms with Crippen molar-refractivity contribution < 1.29 is 33.3 Å². The van der Waals surface area contributed by atoms with Crippen molar-refractivity contribution in [2.24, 2.45) is 5.41 Å². The smallest absolute Gasteiger partial charge is 0.407 e. The van der Waals surface area contributed by atoms with Crippen LogP contribution in [-0.4, -0.2) is 58.2 Å². The molecule has 2 bridgehead atoms. The second kappa shape index (κ2) is 11.4. The summed E-state index contributed by atoms with van der Waals surface area (Å²) in [5.41, 5.74) is 1.33. The first-order valence-electron chi connectivity index (χ1n) is 14.4. The average molecular weight is 579 g/mol. The van der Waals surface area contributed by atoms with Gasteiger partial charge < -0.3 is 30.0 Å². The number of hydrogen-bond acceptors (Lipinski definition) is 7. The number of pyridine rings is 2. The number of carbonyl (C=O) groups excluding carboxylic acids is 1. The maximum absolute atomic E-state index is 15.1. The summed E-state index contributed by atoms with van der Waals surface area (Å²) >= 11 is 0. The Labute approximate surface area is 243 Å². The lowest BCUT2D eigenvalue weighted by Crippen LogP contribution is -2.62. The van der Waals surface area contributed by atoms with E-state index in [0.29, 0.717) is 67.9 Å². The highest BCUT2D eigenvalue weighted by Crippen LogP contribution is 2.47. The quantitative estimate of drug-likeness (QED) is 0.285. The van der Waals surface area contributed by atoms with Gasteiger partial charge >= 0.3 is 12.2 Å². The van der Waals surface area contributed by atoms with Crippen molar-refractivity contribution in [3.05, 3.63) is 65.6 Å². The number of nitrogens with zero attached hydrogens (tertiary/aromatic N) is 2. The molecule has 1 aromatic carbocycles. The number of rotatable bonds is 11. The Kier molecular flexibility index (Phi) is 7.61. The average Bonchev–Trinajstić information content (AvgIpc) is 3.78. The third-order valence-corrected chi connectivity index (χ3v) is 9.02. The van der Waals surface area contributed by atoms with Gasteiger partial charge in [0.1, 0.15) is 12.4 Å². The molecule has 3 aromatic rings. The molecule has 0 atom stereocenters. The van der Waals surface area contributed by atoms with Crippen LogP contribution in [0, 0.1) is 11.2 Å². The van der Waals surface area contributed by atoms with Crippen molar-refractivity contribution in [1.29, 1.82) is 0 Å². The first-order valence-corrected chi connectivity index (χ1v) is 14.4. The van der Waals surface area contributed by atoms with Crippen molar-refractivity contribution in [2.45, 2.75) is 69.1 Å². The predicted molar refractivity (Wildman–Crippen MR) is 151 cm³/mol. The van der Waals surface area contributed by atoms with Gasteiger partial charge in [0.05, 0.1) is 41.6 Å². The summed E-state index contributed by atoms with van der Waals surface area (Å²) in [6.07, 6.45) is 5.41. The Bertz CT molecular complexity index is 1440. The van der Waals surface area contributed by atoms with Gasteiger partial charge in [0.2, 0.25) is 5.88 Å². The molecule has 4 fully saturated rings. The lowest BCUT2D eigenvalue weighted by atomic mass is 9.69. The molecule has 2 aliphatic carbocycles. The molecule has 2 aromatic heterocycles. The van der Waals surface area contributed by atoms with E-state index in [4.69, 9.17) is 14.2 Å². The SMILES string of the molecule is O=C(O)NC12CCC(CCc3c(F)cnc4ccc(OCC5(CNC(=O)OCc6ccccc6)CC5)nc34)(CC1)OC2. The first kappa shape index (κ1) is 28.1. The highest BCUT2D eigenvalue weighted by atomic mass is 19.1. The fourth-order valence-electron chi connectivity index (χ4n) is 6.03. The van der Waals surface area contributed by atoms with E-state index >= 15 is 4.39 Å². The van der Waals surface area contributed by atoms with Crippen molar-refractivity contribution in [3.63, 3.8) is 0 Å². The number of hydrogen-bond donors (Lipinski definition) is 3. The molecule has 3 N–H and O–H groups in total. The molecule has 2 aliphatic heterocycles. The first-order chi connectivity index (χ1) is 20.3. The van der Waals surface area contributed by atoms with Gasteiger partial charge in [-0.3, -0.25) is 4.98 Å². The van der Waals surface area contributed by atoms with Gasteiger partial charge in [-0.15, -0.1) is 0 Å². The van der Waals surface area contributed by atoms with Crippen LogP contribution in [0.2, 0.25) is 0 Å². The summed E-state index contributed by atoms with van der Waals surface area (Å²) in [6.45, 7) is 1.34. The molecule has 222 valence electrons. The van der Waals surface area contributed by atoms with Crippen LogP contribution < -0.4 is 15.4 Å². The van der Waals surface area contributed by atoms with E-state index in [1.807, 2.05) is 30.3 Å². The Hall–Kier alpha value is -3.99. The number of alkyl carbamates (subject to hydrolysis) is 1. The second-order valence-electron chi connectivity index (χ2n) is 12.0. The standard InChI is InChI=1S/C31H35FN4O6/c32-23-16-33-24-6-7-25(41-19-29(10-11-29)18-34-28(39)40-17-21-4-2-1-3-5-21)35-26(24)22(23)8-9-31-14-12-30(13-15-31,20-42-31)36-27(37)38/h1-7,16,36H,8-15,17-20H2,(H,34,39)(H,37,38).